The lowest BCUT2D eigenvalue weighted by molar-refractivity contribution is -0.137. The van der Waals surface area contributed by atoms with Crippen LogP contribution in [0.5, 0.6) is 0 Å². The number of para-hydroxylation sites is 1. The normalized spacial score (nSPS) is 17.5. The summed E-state index contributed by atoms with van der Waals surface area (Å²) in [6.45, 7) is 0.590. The second-order valence-electron chi connectivity index (χ2n) is 5.34. The molecule has 6 nitrogen and oxygen atoms in total. The van der Waals surface area contributed by atoms with Crippen molar-refractivity contribution in [1.29, 1.82) is 0 Å². The van der Waals surface area contributed by atoms with E-state index in [0.717, 1.165) is 5.69 Å². The quantitative estimate of drug-likeness (QED) is 0.748. The lowest BCUT2D eigenvalue weighted by Gasteiger charge is -2.17. The highest BCUT2D eigenvalue weighted by molar-refractivity contribution is 6.01. The van der Waals surface area contributed by atoms with Crippen LogP contribution in [-0.4, -0.2) is 35.5 Å². The van der Waals surface area contributed by atoms with Crippen LogP contribution >= 0.6 is 0 Å². The zero-order valence-electron chi connectivity index (χ0n) is 12.3. The van der Waals surface area contributed by atoms with Crippen molar-refractivity contribution in [1.82, 2.24) is 5.32 Å². The Labute approximate surface area is 129 Å². The molecule has 1 atom stereocenters. The number of aliphatic carboxylic acids is 1. The molecule has 118 valence electrons. The molecule has 2 rings (SSSR count). The average Bonchev–Trinajstić information content (AvgIpc) is 2.85. The van der Waals surface area contributed by atoms with E-state index in [1.54, 1.807) is 4.90 Å². The van der Waals surface area contributed by atoms with Crippen molar-refractivity contribution < 1.29 is 19.5 Å². The van der Waals surface area contributed by atoms with E-state index in [4.69, 9.17) is 5.11 Å². The van der Waals surface area contributed by atoms with Gasteiger partial charge in [-0.05, 0) is 31.4 Å². The summed E-state index contributed by atoms with van der Waals surface area (Å²) in [6, 6.07) is 8.89. The molecule has 0 aliphatic carbocycles. The standard InChI is InChI=1S/C16H20N2O4/c19-14(8-4-5-9-15(20)21)17-13-10-11-18(16(13)22)12-6-2-1-3-7-12/h1-3,6-7,13H,4-5,8-11H2,(H,17,19)(H,20,21). The molecular weight excluding hydrogens is 284 g/mol. The molecule has 0 bridgehead atoms. The van der Waals surface area contributed by atoms with Gasteiger partial charge in [0.05, 0.1) is 0 Å². The van der Waals surface area contributed by atoms with E-state index >= 15 is 0 Å². The van der Waals surface area contributed by atoms with Crippen molar-refractivity contribution in [3.05, 3.63) is 30.3 Å². The van der Waals surface area contributed by atoms with Gasteiger partial charge in [-0.25, -0.2) is 0 Å². The summed E-state index contributed by atoms with van der Waals surface area (Å²) >= 11 is 0. The Hall–Kier alpha value is -2.37. The van der Waals surface area contributed by atoms with Crippen LogP contribution in [0.3, 0.4) is 0 Å². The van der Waals surface area contributed by atoms with Gasteiger partial charge in [0.15, 0.2) is 0 Å². The smallest absolute Gasteiger partial charge is 0.303 e. The van der Waals surface area contributed by atoms with Crippen LogP contribution in [0.15, 0.2) is 30.3 Å². The number of anilines is 1. The summed E-state index contributed by atoms with van der Waals surface area (Å²) in [5, 5.41) is 11.3. The lowest BCUT2D eigenvalue weighted by atomic mass is 10.1. The summed E-state index contributed by atoms with van der Waals surface area (Å²) in [7, 11) is 0. The van der Waals surface area contributed by atoms with Crippen LogP contribution in [-0.2, 0) is 14.4 Å². The zero-order chi connectivity index (χ0) is 15.9. The molecule has 1 aliphatic heterocycles. The molecule has 1 aromatic carbocycles. The van der Waals surface area contributed by atoms with E-state index < -0.39 is 12.0 Å². The van der Waals surface area contributed by atoms with E-state index in [1.807, 2.05) is 30.3 Å². The van der Waals surface area contributed by atoms with Gasteiger partial charge in [-0.1, -0.05) is 18.2 Å². The van der Waals surface area contributed by atoms with Gasteiger partial charge in [0.1, 0.15) is 6.04 Å². The molecule has 1 heterocycles. The first-order valence-electron chi connectivity index (χ1n) is 7.45. The number of unbranched alkanes of at least 4 members (excludes halogenated alkanes) is 1. The van der Waals surface area contributed by atoms with Crippen molar-refractivity contribution in [3.8, 4) is 0 Å². The number of hydrogen-bond acceptors (Lipinski definition) is 3. The number of amides is 2. The number of carboxylic acid groups (broad SMARTS) is 1. The Morgan fingerprint density at radius 3 is 2.55 bits per heavy atom. The summed E-state index contributed by atoms with van der Waals surface area (Å²) in [5.74, 6) is -1.14. The number of benzene rings is 1. The van der Waals surface area contributed by atoms with Crippen LogP contribution in [0.25, 0.3) is 0 Å². The molecule has 0 aromatic heterocycles. The van der Waals surface area contributed by atoms with Gasteiger partial charge in [-0.2, -0.15) is 0 Å². The maximum atomic E-state index is 12.3. The van der Waals surface area contributed by atoms with E-state index in [0.29, 0.717) is 25.8 Å². The van der Waals surface area contributed by atoms with Gasteiger partial charge in [-0.3, -0.25) is 14.4 Å². The Bertz CT molecular complexity index is 544. The summed E-state index contributed by atoms with van der Waals surface area (Å²) in [4.78, 5) is 36.2. The molecule has 0 radical (unpaired) electrons. The third-order valence-electron chi connectivity index (χ3n) is 3.65. The first kappa shape index (κ1) is 16.0. The zero-order valence-corrected chi connectivity index (χ0v) is 12.3. The van der Waals surface area contributed by atoms with E-state index in [9.17, 15) is 14.4 Å². The van der Waals surface area contributed by atoms with Gasteiger partial charge >= 0.3 is 5.97 Å². The van der Waals surface area contributed by atoms with Crippen LogP contribution < -0.4 is 10.2 Å². The number of rotatable bonds is 7. The molecular formula is C16H20N2O4. The minimum absolute atomic E-state index is 0.0669. The minimum Gasteiger partial charge on any atom is -0.481 e. The molecule has 22 heavy (non-hydrogen) atoms. The number of carbonyl (C=O) groups is 3. The molecule has 0 spiro atoms. The maximum Gasteiger partial charge on any atom is 0.303 e. The molecule has 2 N–H and O–H groups in total. The molecule has 1 fully saturated rings. The average molecular weight is 304 g/mol. The summed E-state index contributed by atoms with van der Waals surface area (Å²) in [5.41, 5.74) is 0.839. The van der Waals surface area contributed by atoms with Crippen molar-refractivity contribution in [3.63, 3.8) is 0 Å². The molecule has 1 unspecified atom stereocenters. The molecule has 0 saturated carbocycles. The summed E-state index contributed by atoms with van der Waals surface area (Å²) < 4.78 is 0. The van der Waals surface area contributed by atoms with Gasteiger partial charge in [0.25, 0.3) is 0 Å². The summed E-state index contributed by atoms with van der Waals surface area (Å²) in [6.07, 6.45) is 1.90. The predicted octanol–water partition coefficient (Wildman–Crippen LogP) is 1.55. The van der Waals surface area contributed by atoms with Crippen LogP contribution in [0, 0.1) is 0 Å². The molecule has 2 amide bonds. The minimum atomic E-state index is -0.857. The van der Waals surface area contributed by atoms with Gasteiger partial charge in [0, 0.05) is 25.1 Å². The largest absolute Gasteiger partial charge is 0.481 e. The van der Waals surface area contributed by atoms with E-state index in [2.05, 4.69) is 5.32 Å². The Morgan fingerprint density at radius 1 is 1.18 bits per heavy atom. The topological polar surface area (TPSA) is 86.7 Å². The Morgan fingerprint density at radius 2 is 1.86 bits per heavy atom. The monoisotopic (exact) mass is 304 g/mol. The SMILES string of the molecule is O=C(O)CCCCC(=O)NC1CCN(c2ccccc2)C1=O. The highest BCUT2D eigenvalue weighted by Crippen LogP contribution is 2.21. The highest BCUT2D eigenvalue weighted by atomic mass is 16.4. The number of nitrogens with zero attached hydrogens (tertiary/aromatic N) is 1. The third kappa shape index (κ3) is 4.31. The van der Waals surface area contributed by atoms with Gasteiger partial charge in [-0.15, -0.1) is 0 Å². The van der Waals surface area contributed by atoms with Crippen LogP contribution in [0.1, 0.15) is 32.1 Å². The first-order valence-corrected chi connectivity index (χ1v) is 7.45. The second kappa shape index (κ2) is 7.59. The number of carboxylic acids is 1. The fourth-order valence-electron chi connectivity index (χ4n) is 2.51. The van der Waals surface area contributed by atoms with Crippen LogP contribution in [0.4, 0.5) is 5.69 Å². The molecule has 1 saturated heterocycles. The maximum absolute atomic E-state index is 12.3. The number of nitrogens with one attached hydrogen (secondary N) is 1. The first-order chi connectivity index (χ1) is 10.6. The van der Waals surface area contributed by atoms with Crippen molar-refractivity contribution in [2.75, 3.05) is 11.4 Å². The number of hydrogen-bond donors (Lipinski definition) is 2. The van der Waals surface area contributed by atoms with Gasteiger partial charge < -0.3 is 15.3 Å². The van der Waals surface area contributed by atoms with Crippen molar-refractivity contribution in [2.24, 2.45) is 0 Å². The van der Waals surface area contributed by atoms with E-state index in [-0.39, 0.29) is 24.7 Å². The highest BCUT2D eigenvalue weighted by Gasteiger charge is 2.33. The second-order valence-corrected chi connectivity index (χ2v) is 5.34. The van der Waals surface area contributed by atoms with E-state index in [1.165, 1.54) is 0 Å². The fraction of sp³-hybridized carbons (Fsp3) is 0.438. The molecule has 1 aliphatic rings. The Kier molecular flexibility index (Phi) is 5.52. The van der Waals surface area contributed by atoms with Gasteiger partial charge in [0.2, 0.25) is 11.8 Å². The molecule has 6 heteroatoms. The lowest BCUT2D eigenvalue weighted by Crippen LogP contribution is -2.41. The van der Waals surface area contributed by atoms with Crippen molar-refractivity contribution in [2.45, 2.75) is 38.1 Å². The molecule has 1 aromatic rings. The van der Waals surface area contributed by atoms with Crippen molar-refractivity contribution >= 4 is 23.5 Å². The predicted molar refractivity (Wildman–Crippen MR) is 81.4 cm³/mol. The number of carbonyl (C=O) groups excluding carboxylic acids is 2. The third-order valence-corrected chi connectivity index (χ3v) is 3.65. The van der Waals surface area contributed by atoms with Crippen LogP contribution in [0.2, 0.25) is 0 Å². The Balaban J connectivity index is 1.78. The fourth-order valence-corrected chi connectivity index (χ4v) is 2.51.